The van der Waals surface area contributed by atoms with Gasteiger partial charge in [-0.3, -0.25) is 14.5 Å². The van der Waals surface area contributed by atoms with Crippen LogP contribution in [-0.4, -0.2) is 72.7 Å². The zero-order valence-corrected chi connectivity index (χ0v) is 20.6. The van der Waals surface area contributed by atoms with E-state index in [-0.39, 0.29) is 24.3 Å². The number of carbonyl (C=O) groups is 2. The van der Waals surface area contributed by atoms with Gasteiger partial charge in [0, 0.05) is 29.6 Å². The summed E-state index contributed by atoms with van der Waals surface area (Å²) in [6.07, 6.45) is 1.18. The molecule has 188 valence electrons. The number of likely N-dealkylation sites (tertiary alicyclic amines) is 1. The molecule has 0 aromatic heterocycles. The van der Waals surface area contributed by atoms with Gasteiger partial charge in [0.25, 0.3) is 11.8 Å². The summed E-state index contributed by atoms with van der Waals surface area (Å²) in [5.41, 5.74) is 2.22. The lowest BCUT2D eigenvalue weighted by Crippen LogP contribution is -2.46. The summed E-state index contributed by atoms with van der Waals surface area (Å²) in [4.78, 5) is 30.0. The van der Waals surface area contributed by atoms with Gasteiger partial charge in [0.05, 0.1) is 26.4 Å². The predicted molar refractivity (Wildman–Crippen MR) is 137 cm³/mol. The Morgan fingerprint density at radius 1 is 0.972 bits per heavy atom. The molecule has 7 nitrogen and oxygen atoms in total. The molecule has 36 heavy (non-hydrogen) atoms. The van der Waals surface area contributed by atoms with Gasteiger partial charge in [-0.1, -0.05) is 36.4 Å². The smallest absolute Gasteiger partial charge is 0.261 e. The van der Waals surface area contributed by atoms with Crippen molar-refractivity contribution in [2.75, 3.05) is 39.9 Å². The van der Waals surface area contributed by atoms with Gasteiger partial charge in [0.1, 0.15) is 5.75 Å². The normalized spacial score (nSPS) is 17.6. The van der Waals surface area contributed by atoms with E-state index in [9.17, 15) is 14.7 Å². The van der Waals surface area contributed by atoms with Crippen LogP contribution in [0, 0.1) is 5.92 Å². The van der Waals surface area contributed by atoms with Crippen molar-refractivity contribution < 1.29 is 24.2 Å². The number of β-amino-alcohol motifs (C(OH)–C–C–N with tert-alkyl or cyclic N) is 1. The van der Waals surface area contributed by atoms with Crippen LogP contribution in [-0.2, 0) is 11.3 Å². The lowest BCUT2D eigenvalue weighted by molar-refractivity contribution is 0.00357. The molecule has 2 aliphatic heterocycles. The maximum absolute atomic E-state index is 13.2. The van der Waals surface area contributed by atoms with Crippen LogP contribution < -0.4 is 4.74 Å². The van der Waals surface area contributed by atoms with E-state index in [0.29, 0.717) is 30.8 Å². The molecule has 0 aliphatic carbocycles. The Bertz CT molecular complexity index is 1200. The first-order chi connectivity index (χ1) is 17.5. The van der Waals surface area contributed by atoms with Gasteiger partial charge in [0.2, 0.25) is 0 Å². The fourth-order valence-corrected chi connectivity index (χ4v) is 5.28. The standard InChI is InChI=1S/C29H32N2O5/c1-35-24-8-2-5-21(15-24)18-36-19-23(32)17-30-13-11-20(12-14-30)16-31-28(33)25-9-3-6-22-7-4-10-26(27(22)25)29(31)34/h2-10,15,20,23,32H,11-14,16-19H2,1H3/t23-/m1/s1. The number of carbonyl (C=O) groups excluding carboxylic acids is 2. The SMILES string of the molecule is COc1cccc(COC[C@H](O)CN2CCC(CN3C(=O)c4cccc5cccc(c45)C3=O)CC2)c1. The zero-order chi connectivity index (χ0) is 25.1. The first-order valence-electron chi connectivity index (χ1n) is 12.5. The van der Waals surface area contributed by atoms with E-state index in [1.165, 1.54) is 4.90 Å². The molecule has 1 atom stereocenters. The second-order valence-corrected chi connectivity index (χ2v) is 9.69. The van der Waals surface area contributed by atoms with E-state index in [2.05, 4.69) is 4.90 Å². The number of aliphatic hydroxyl groups is 1. The number of imide groups is 1. The third kappa shape index (κ3) is 5.14. The Morgan fingerprint density at radius 3 is 2.31 bits per heavy atom. The molecule has 0 bridgehead atoms. The van der Waals surface area contributed by atoms with Gasteiger partial charge in [-0.15, -0.1) is 0 Å². The minimum Gasteiger partial charge on any atom is -0.497 e. The van der Waals surface area contributed by atoms with Gasteiger partial charge in [-0.2, -0.15) is 0 Å². The molecule has 2 aliphatic rings. The number of hydrogen-bond acceptors (Lipinski definition) is 6. The fraction of sp³-hybridized carbons (Fsp3) is 0.379. The molecule has 3 aromatic carbocycles. The van der Waals surface area contributed by atoms with Crippen LogP contribution >= 0.6 is 0 Å². The number of hydrogen-bond donors (Lipinski definition) is 1. The lowest BCUT2D eigenvalue weighted by Gasteiger charge is -2.36. The van der Waals surface area contributed by atoms with Crippen molar-refractivity contribution in [3.8, 4) is 5.75 Å². The summed E-state index contributed by atoms with van der Waals surface area (Å²) in [6.45, 7) is 3.30. The van der Waals surface area contributed by atoms with Crippen LogP contribution in [0.1, 0.15) is 39.1 Å². The highest BCUT2D eigenvalue weighted by Gasteiger charge is 2.34. The number of methoxy groups -OCH3 is 1. The zero-order valence-electron chi connectivity index (χ0n) is 20.6. The average molecular weight is 489 g/mol. The van der Waals surface area contributed by atoms with Crippen molar-refractivity contribution in [1.29, 1.82) is 0 Å². The maximum atomic E-state index is 13.2. The Labute approximate surface area is 211 Å². The van der Waals surface area contributed by atoms with Gasteiger partial charge < -0.3 is 19.5 Å². The number of piperidine rings is 1. The first kappa shape index (κ1) is 24.4. The molecule has 1 N–H and O–H groups in total. The molecule has 0 spiro atoms. The van der Waals surface area contributed by atoms with Crippen LogP contribution in [0.25, 0.3) is 10.8 Å². The molecule has 2 amide bonds. The van der Waals surface area contributed by atoms with Gasteiger partial charge in [-0.05, 0) is 67.1 Å². The molecular formula is C29H32N2O5. The van der Waals surface area contributed by atoms with Crippen LogP contribution in [0.3, 0.4) is 0 Å². The number of aliphatic hydroxyl groups excluding tert-OH is 1. The van der Waals surface area contributed by atoms with Crippen molar-refractivity contribution in [2.45, 2.75) is 25.6 Å². The fourth-order valence-electron chi connectivity index (χ4n) is 5.28. The van der Waals surface area contributed by atoms with E-state index in [4.69, 9.17) is 9.47 Å². The van der Waals surface area contributed by atoms with Crippen molar-refractivity contribution in [1.82, 2.24) is 9.80 Å². The van der Waals surface area contributed by atoms with Gasteiger partial charge in [0.15, 0.2) is 0 Å². The summed E-state index contributed by atoms with van der Waals surface area (Å²) in [7, 11) is 1.63. The van der Waals surface area contributed by atoms with Crippen molar-refractivity contribution in [3.05, 3.63) is 77.4 Å². The minimum atomic E-state index is -0.575. The average Bonchev–Trinajstić information content (AvgIpc) is 2.90. The third-order valence-corrected chi connectivity index (χ3v) is 7.19. The predicted octanol–water partition coefficient (Wildman–Crippen LogP) is 3.73. The Balaban J connectivity index is 1.10. The van der Waals surface area contributed by atoms with E-state index in [1.807, 2.05) is 60.7 Å². The summed E-state index contributed by atoms with van der Waals surface area (Å²) in [5.74, 6) is 0.638. The summed E-state index contributed by atoms with van der Waals surface area (Å²) in [5, 5.41) is 12.1. The number of benzene rings is 3. The minimum absolute atomic E-state index is 0.199. The second-order valence-electron chi connectivity index (χ2n) is 9.69. The molecule has 2 heterocycles. The Kier molecular flexibility index (Phi) is 7.32. The van der Waals surface area contributed by atoms with E-state index < -0.39 is 6.10 Å². The molecule has 5 rings (SSSR count). The monoisotopic (exact) mass is 488 g/mol. The molecular weight excluding hydrogens is 456 g/mol. The Morgan fingerprint density at radius 2 is 1.64 bits per heavy atom. The van der Waals surface area contributed by atoms with Gasteiger partial charge >= 0.3 is 0 Å². The van der Waals surface area contributed by atoms with Crippen LogP contribution in [0.15, 0.2) is 60.7 Å². The van der Waals surface area contributed by atoms with E-state index in [1.54, 1.807) is 7.11 Å². The molecule has 0 radical (unpaired) electrons. The van der Waals surface area contributed by atoms with E-state index >= 15 is 0 Å². The highest BCUT2D eigenvalue weighted by atomic mass is 16.5. The topological polar surface area (TPSA) is 79.3 Å². The largest absolute Gasteiger partial charge is 0.497 e. The van der Waals surface area contributed by atoms with Crippen LogP contribution in [0.4, 0.5) is 0 Å². The molecule has 0 unspecified atom stereocenters. The summed E-state index contributed by atoms with van der Waals surface area (Å²) < 4.78 is 10.9. The first-order valence-corrected chi connectivity index (χ1v) is 12.5. The third-order valence-electron chi connectivity index (χ3n) is 7.19. The highest BCUT2D eigenvalue weighted by molar-refractivity contribution is 6.25. The maximum Gasteiger partial charge on any atom is 0.261 e. The Hall–Kier alpha value is -3.26. The summed E-state index contributed by atoms with van der Waals surface area (Å²) >= 11 is 0. The molecule has 1 saturated heterocycles. The van der Waals surface area contributed by atoms with Crippen LogP contribution in [0.5, 0.6) is 5.75 Å². The number of rotatable bonds is 9. The molecule has 0 saturated carbocycles. The quantitative estimate of drug-likeness (QED) is 0.463. The number of ether oxygens (including phenoxy) is 2. The van der Waals surface area contributed by atoms with Crippen molar-refractivity contribution >= 4 is 22.6 Å². The van der Waals surface area contributed by atoms with Crippen molar-refractivity contribution in [2.24, 2.45) is 5.92 Å². The molecule has 1 fully saturated rings. The number of amides is 2. The summed E-state index contributed by atoms with van der Waals surface area (Å²) in [6, 6.07) is 18.9. The molecule has 7 heteroatoms. The number of nitrogens with zero attached hydrogens (tertiary/aromatic N) is 2. The lowest BCUT2D eigenvalue weighted by atomic mass is 9.91. The van der Waals surface area contributed by atoms with Crippen LogP contribution in [0.2, 0.25) is 0 Å². The van der Waals surface area contributed by atoms with E-state index in [0.717, 1.165) is 48.0 Å². The second kappa shape index (κ2) is 10.8. The highest BCUT2D eigenvalue weighted by Crippen LogP contribution is 2.31. The van der Waals surface area contributed by atoms with Crippen molar-refractivity contribution in [3.63, 3.8) is 0 Å². The van der Waals surface area contributed by atoms with Gasteiger partial charge in [-0.25, -0.2) is 0 Å². The molecule has 3 aromatic rings.